The normalized spacial score (nSPS) is 9.11. The van der Waals surface area contributed by atoms with Gasteiger partial charge in [0.05, 0.1) is 0 Å². The molecule has 1 rings (SSSR count). The lowest BCUT2D eigenvalue weighted by atomic mass is 10.3. The molecule has 0 saturated heterocycles. The van der Waals surface area contributed by atoms with Crippen LogP contribution in [0, 0.1) is 0 Å². The molecule has 0 N–H and O–H groups in total. The first-order valence-corrected chi connectivity index (χ1v) is 3.06. The minimum atomic E-state index is 0.559. The number of benzene rings is 1. The van der Waals surface area contributed by atoms with Gasteiger partial charge in [-0.15, -0.1) is 0 Å². The maximum Gasteiger partial charge on any atom is 0.147 e. The van der Waals surface area contributed by atoms with E-state index >= 15 is 0 Å². The molecule has 0 amide bonds. The minimum absolute atomic E-state index is 0.559. The van der Waals surface area contributed by atoms with Crippen molar-refractivity contribution in [2.45, 2.75) is 0 Å². The van der Waals surface area contributed by atoms with Crippen LogP contribution in [0.5, 0.6) is 5.75 Å². The molecule has 1 aromatic rings. The Kier molecular flexibility index (Phi) is 2.20. The summed E-state index contributed by atoms with van der Waals surface area (Å²) < 4.78 is 4.38. The number of rotatable bonds is 1. The van der Waals surface area contributed by atoms with E-state index in [0.717, 1.165) is 0 Å². The first kappa shape index (κ1) is 6.72. The molecule has 9 heavy (non-hydrogen) atoms. The molecule has 48 valence electrons. The summed E-state index contributed by atoms with van der Waals surface area (Å²) in [7, 11) is 0. The molecular weight excluding hydrogens is 159 g/mol. The van der Waals surface area contributed by atoms with E-state index in [9.17, 15) is 0 Å². The van der Waals surface area contributed by atoms with Gasteiger partial charge in [0.25, 0.3) is 0 Å². The predicted molar refractivity (Wildman–Crippen MR) is 37.9 cm³/mol. The van der Waals surface area contributed by atoms with Crippen molar-refractivity contribution in [3.8, 4) is 5.75 Å². The lowest BCUT2D eigenvalue weighted by molar-refractivity contribution is 0.619. The molecule has 0 unspecified atom stereocenters. The third-order valence-corrected chi connectivity index (χ3v) is 1.30. The fraction of sp³-hybridized carbons (Fsp3) is 0. The maximum absolute atomic E-state index is 5.58. The maximum atomic E-state index is 5.58. The van der Waals surface area contributed by atoms with Crippen LogP contribution >= 0.6 is 23.5 Å². The van der Waals surface area contributed by atoms with E-state index in [2.05, 4.69) is 4.29 Å². The highest BCUT2D eigenvalue weighted by Crippen LogP contribution is 2.17. The molecule has 0 aliphatic rings. The first-order chi connectivity index (χ1) is 4.33. The zero-order valence-electron chi connectivity index (χ0n) is 4.47. The van der Waals surface area contributed by atoms with Crippen LogP contribution in [0.15, 0.2) is 24.3 Å². The van der Waals surface area contributed by atoms with E-state index in [1.54, 1.807) is 24.3 Å². The van der Waals surface area contributed by atoms with Gasteiger partial charge in [-0.05, 0) is 12.1 Å². The van der Waals surface area contributed by atoms with Gasteiger partial charge >= 0.3 is 0 Å². The molecule has 1 nitrogen and oxygen atoms in total. The summed E-state index contributed by atoms with van der Waals surface area (Å²) in [5, 5.41) is 0.619. The van der Waals surface area contributed by atoms with Crippen LogP contribution in [0.2, 0.25) is 5.02 Å². The topological polar surface area (TPSA) is 9.23 Å². The second-order valence-corrected chi connectivity index (χ2v) is 2.13. The van der Waals surface area contributed by atoms with E-state index in [1.807, 2.05) is 0 Å². The SMILES string of the molecule is ClOc1cccc(Cl)c1. The Hall–Kier alpha value is -0.400. The lowest BCUT2D eigenvalue weighted by Gasteiger charge is -1.93. The standard InChI is InChI=1S/C6H4Cl2O/c7-5-2-1-3-6(4-5)9-8/h1-4H. The lowest BCUT2D eigenvalue weighted by Crippen LogP contribution is -1.71. The number of hydrogen-bond acceptors (Lipinski definition) is 1. The van der Waals surface area contributed by atoms with Crippen molar-refractivity contribution in [2.75, 3.05) is 0 Å². The van der Waals surface area contributed by atoms with Gasteiger partial charge in [0.15, 0.2) is 0 Å². The Morgan fingerprint density at radius 1 is 1.33 bits per heavy atom. The summed E-state index contributed by atoms with van der Waals surface area (Å²) in [5.41, 5.74) is 0. The van der Waals surface area contributed by atoms with Gasteiger partial charge in [0.1, 0.15) is 17.6 Å². The largest absolute Gasteiger partial charge is 0.386 e. The molecule has 0 fully saturated rings. The zero-order chi connectivity index (χ0) is 6.69. The second kappa shape index (κ2) is 2.95. The van der Waals surface area contributed by atoms with Crippen molar-refractivity contribution in [3.05, 3.63) is 29.3 Å². The fourth-order valence-corrected chi connectivity index (χ4v) is 0.791. The van der Waals surface area contributed by atoms with Crippen LogP contribution in [-0.4, -0.2) is 0 Å². The predicted octanol–water partition coefficient (Wildman–Crippen LogP) is 2.87. The highest BCUT2D eigenvalue weighted by molar-refractivity contribution is 6.30. The van der Waals surface area contributed by atoms with E-state index in [1.165, 1.54) is 0 Å². The summed E-state index contributed by atoms with van der Waals surface area (Å²) >= 11 is 10.6. The van der Waals surface area contributed by atoms with Gasteiger partial charge in [-0.1, -0.05) is 17.7 Å². The average molecular weight is 163 g/mol. The number of hydrogen-bond donors (Lipinski definition) is 0. The van der Waals surface area contributed by atoms with Crippen LogP contribution < -0.4 is 4.29 Å². The van der Waals surface area contributed by atoms with Crippen LogP contribution in [-0.2, 0) is 0 Å². The highest BCUT2D eigenvalue weighted by atomic mass is 35.5. The third kappa shape index (κ3) is 1.77. The Balaban J connectivity index is 2.94. The quantitative estimate of drug-likeness (QED) is 0.618. The van der Waals surface area contributed by atoms with Crippen molar-refractivity contribution >= 4 is 23.5 Å². The Morgan fingerprint density at radius 3 is 2.56 bits per heavy atom. The van der Waals surface area contributed by atoms with E-state index in [-0.39, 0.29) is 0 Å². The third-order valence-electron chi connectivity index (χ3n) is 0.885. The molecule has 0 radical (unpaired) electrons. The van der Waals surface area contributed by atoms with Crippen molar-refractivity contribution < 1.29 is 4.29 Å². The fourth-order valence-electron chi connectivity index (χ4n) is 0.515. The van der Waals surface area contributed by atoms with Gasteiger partial charge in [-0.3, -0.25) is 0 Å². The molecule has 0 saturated carbocycles. The molecule has 1 aromatic carbocycles. The van der Waals surface area contributed by atoms with Crippen LogP contribution in [0.1, 0.15) is 0 Å². The van der Waals surface area contributed by atoms with Gasteiger partial charge in [0.2, 0.25) is 0 Å². The molecule has 0 atom stereocenters. The molecule has 0 spiro atoms. The summed E-state index contributed by atoms with van der Waals surface area (Å²) in [6.45, 7) is 0. The van der Waals surface area contributed by atoms with Crippen LogP contribution in [0.4, 0.5) is 0 Å². The summed E-state index contributed by atoms with van der Waals surface area (Å²) in [4.78, 5) is 0. The first-order valence-electron chi connectivity index (χ1n) is 2.37. The van der Waals surface area contributed by atoms with Gasteiger partial charge < -0.3 is 4.29 Å². The molecule has 0 aliphatic heterocycles. The van der Waals surface area contributed by atoms with Crippen molar-refractivity contribution in [1.82, 2.24) is 0 Å². The minimum Gasteiger partial charge on any atom is -0.386 e. The Bertz CT molecular complexity index is 200. The van der Waals surface area contributed by atoms with Gasteiger partial charge in [-0.2, -0.15) is 0 Å². The second-order valence-electron chi connectivity index (χ2n) is 1.53. The monoisotopic (exact) mass is 162 g/mol. The number of halogens is 2. The van der Waals surface area contributed by atoms with E-state index in [4.69, 9.17) is 23.5 Å². The molecule has 0 bridgehead atoms. The molecule has 3 heteroatoms. The molecule has 0 aromatic heterocycles. The van der Waals surface area contributed by atoms with Crippen LogP contribution in [0.3, 0.4) is 0 Å². The Labute approximate surface area is 63.3 Å². The van der Waals surface area contributed by atoms with Crippen molar-refractivity contribution in [1.29, 1.82) is 0 Å². The van der Waals surface area contributed by atoms with Gasteiger partial charge in [-0.25, -0.2) is 0 Å². The summed E-state index contributed by atoms with van der Waals surface area (Å²) in [5.74, 6) is 0.559. The average Bonchev–Trinajstić information content (AvgIpc) is 1.88. The molecule has 0 heterocycles. The van der Waals surface area contributed by atoms with Gasteiger partial charge in [0, 0.05) is 11.1 Å². The summed E-state index contributed by atoms with van der Waals surface area (Å²) in [6.07, 6.45) is 0. The smallest absolute Gasteiger partial charge is 0.147 e. The summed E-state index contributed by atoms with van der Waals surface area (Å²) in [6, 6.07) is 6.87. The molecular formula is C6H4Cl2O. The Morgan fingerprint density at radius 2 is 2.11 bits per heavy atom. The van der Waals surface area contributed by atoms with E-state index < -0.39 is 0 Å². The van der Waals surface area contributed by atoms with Crippen molar-refractivity contribution in [3.63, 3.8) is 0 Å². The van der Waals surface area contributed by atoms with Crippen molar-refractivity contribution in [2.24, 2.45) is 0 Å². The van der Waals surface area contributed by atoms with E-state index in [0.29, 0.717) is 10.8 Å². The zero-order valence-corrected chi connectivity index (χ0v) is 5.99. The highest BCUT2D eigenvalue weighted by Gasteiger charge is 1.90. The molecule has 0 aliphatic carbocycles. The van der Waals surface area contributed by atoms with Crippen LogP contribution in [0.25, 0.3) is 0 Å².